The van der Waals surface area contributed by atoms with Gasteiger partial charge in [-0.1, -0.05) is 97.6 Å². The Balaban J connectivity index is 1.56. The molecule has 4 nitrogen and oxygen atoms in total. The van der Waals surface area contributed by atoms with Gasteiger partial charge in [0.05, 0.1) is 5.75 Å². The van der Waals surface area contributed by atoms with Crippen LogP contribution in [-0.4, -0.2) is 34.6 Å². The SMILES string of the molecule is O=C(NC1CCCCC1)[C@H](Cc1ccccc1)N(Cc1ccccc1)C(=O)CSCc1c(F)cccc1Cl. The number of nitrogens with zero attached hydrogens (tertiary/aromatic N) is 1. The first-order valence-corrected chi connectivity index (χ1v) is 14.7. The van der Waals surface area contributed by atoms with Gasteiger partial charge in [0, 0.05) is 35.3 Å². The van der Waals surface area contributed by atoms with Crippen molar-refractivity contribution < 1.29 is 14.0 Å². The molecule has 0 radical (unpaired) electrons. The third-order valence-electron chi connectivity index (χ3n) is 6.95. The van der Waals surface area contributed by atoms with Crippen LogP contribution < -0.4 is 5.32 Å². The molecule has 1 atom stereocenters. The second kappa shape index (κ2) is 14.4. The van der Waals surface area contributed by atoms with Gasteiger partial charge in [0.2, 0.25) is 11.8 Å². The highest BCUT2D eigenvalue weighted by Gasteiger charge is 2.31. The molecule has 1 fully saturated rings. The summed E-state index contributed by atoms with van der Waals surface area (Å²) in [6, 6.07) is 23.6. The van der Waals surface area contributed by atoms with Gasteiger partial charge in [-0.05, 0) is 36.1 Å². The number of hydrogen-bond acceptors (Lipinski definition) is 3. The Kier molecular flexibility index (Phi) is 10.6. The van der Waals surface area contributed by atoms with Crippen LogP contribution in [0.5, 0.6) is 0 Å². The van der Waals surface area contributed by atoms with E-state index in [0.29, 0.717) is 23.6 Å². The largest absolute Gasteiger partial charge is 0.352 e. The van der Waals surface area contributed by atoms with E-state index in [9.17, 15) is 14.0 Å². The molecule has 0 aliphatic heterocycles. The van der Waals surface area contributed by atoms with Crippen molar-refractivity contribution in [2.24, 2.45) is 0 Å². The molecule has 1 saturated carbocycles. The third-order valence-corrected chi connectivity index (χ3v) is 8.25. The molecule has 1 N–H and O–H groups in total. The van der Waals surface area contributed by atoms with Crippen molar-refractivity contribution in [2.45, 2.75) is 62.9 Å². The lowest BCUT2D eigenvalue weighted by Gasteiger charge is -2.33. The van der Waals surface area contributed by atoms with Crippen LogP contribution in [0.25, 0.3) is 0 Å². The molecule has 1 aliphatic rings. The molecule has 0 spiro atoms. The normalized spacial score (nSPS) is 14.6. The van der Waals surface area contributed by atoms with E-state index in [0.717, 1.165) is 36.8 Å². The topological polar surface area (TPSA) is 49.4 Å². The Morgan fingerprint density at radius 3 is 2.24 bits per heavy atom. The van der Waals surface area contributed by atoms with Crippen LogP contribution >= 0.6 is 23.4 Å². The average Bonchev–Trinajstić information content (AvgIpc) is 2.94. The van der Waals surface area contributed by atoms with Crippen molar-refractivity contribution in [1.82, 2.24) is 10.2 Å². The zero-order chi connectivity index (χ0) is 26.7. The molecule has 0 unspecified atom stereocenters. The van der Waals surface area contributed by atoms with Crippen molar-refractivity contribution in [3.8, 4) is 0 Å². The lowest BCUT2D eigenvalue weighted by molar-refractivity contribution is -0.139. The van der Waals surface area contributed by atoms with E-state index < -0.39 is 6.04 Å². The minimum absolute atomic E-state index is 0.111. The number of benzene rings is 3. The molecule has 38 heavy (non-hydrogen) atoms. The summed E-state index contributed by atoms with van der Waals surface area (Å²) in [5.74, 6) is -0.279. The third kappa shape index (κ3) is 8.08. The maximum absolute atomic E-state index is 14.3. The van der Waals surface area contributed by atoms with E-state index in [1.165, 1.54) is 24.2 Å². The van der Waals surface area contributed by atoms with Crippen LogP contribution in [0.2, 0.25) is 5.02 Å². The number of thioether (sulfide) groups is 1. The lowest BCUT2D eigenvalue weighted by Crippen LogP contribution is -2.53. The average molecular weight is 553 g/mol. The molecular weight excluding hydrogens is 519 g/mol. The first kappa shape index (κ1) is 28.2. The van der Waals surface area contributed by atoms with Crippen LogP contribution in [0.4, 0.5) is 4.39 Å². The summed E-state index contributed by atoms with van der Waals surface area (Å²) in [7, 11) is 0. The number of halogens is 2. The summed E-state index contributed by atoms with van der Waals surface area (Å²) in [6.07, 6.45) is 5.77. The number of carbonyl (C=O) groups is 2. The van der Waals surface area contributed by atoms with Crippen molar-refractivity contribution in [1.29, 1.82) is 0 Å². The van der Waals surface area contributed by atoms with Crippen molar-refractivity contribution in [2.75, 3.05) is 5.75 Å². The molecule has 4 rings (SSSR count). The molecule has 0 bridgehead atoms. The first-order valence-electron chi connectivity index (χ1n) is 13.2. The van der Waals surface area contributed by atoms with Gasteiger partial charge in [0.1, 0.15) is 11.9 Å². The van der Waals surface area contributed by atoms with Crippen LogP contribution in [0.1, 0.15) is 48.8 Å². The van der Waals surface area contributed by atoms with Gasteiger partial charge in [-0.25, -0.2) is 4.39 Å². The molecule has 0 saturated heterocycles. The predicted octanol–water partition coefficient (Wildman–Crippen LogP) is 6.80. The fourth-order valence-corrected chi connectivity index (χ4v) is 6.12. The fraction of sp³-hybridized carbons (Fsp3) is 0.355. The van der Waals surface area contributed by atoms with Gasteiger partial charge in [-0.15, -0.1) is 11.8 Å². The highest BCUT2D eigenvalue weighted by atomic mass is 35.5. The van der Waals surface area contributed by atoms with E-state index in [2.05, 4.69) is 5.32 Å². The van der Waals surface area contributed by atoms with Gasteiger partial charge >= 0.3 is 0 Å². The summed E-state index contributed by atoms with van der Waals surface area (Å²) in [4.78, 5) is 29.2. The zero-order valence-corrected chi connectivity index (χ0v) is 23.0. The summed E-state index contributed by atoms with van der Waals surface area (Å²) >= 11 is 7.49. The Bertz CT molecular complexity index is 1170. The zero-order valence-electron chi connectivity index (χ0n) is 21.5. The molecule has 3 aromatic carbocycles. The van der Waals surface area contributed by atoms with Gasteiger partial charge in [-0.2, -0.15) is 0 Å². The minimum Gasteiger partial charge on any atom is -0.352 e. The van der Waals surface area contributed by atoms with Gasteiger partial charge < -0.3 is 10.2 Å². The van der Waals surface area contributed by atoms with Crippen LogP contribution in [0.15, 0.2) is 78.9 Å². The number of carbonyl (C=O) groups excluding carboxylic acids is 2. The monoisotopic (exact) mass is 552 g/mol. The molecule has 200 valence electrons. The predicted molar refractivity (Wildman–Crippen MR) is 154 cm³/mol. The summed E-state index contributed by atoms with van der Waals surface area (Å²) in [5, 5.41) is 3.60. The maximum Gasteiger partial charge on any atom is 0.243 e. The van der Waals surface area contributed by atoms with Gasteiger partial charge in [0.25, 0.3) is 0 Å². The van der Waals surface area contributed by atoms with Crippen LogP contribution in [0, 0.1) is 5.82 Å². The lowest BCUT2D eigenvalue weighted by atomic mass is 9.94. The fourth-order valence-electron chi connectivity index (χ4n) is 4.87. The van der Waals surface area contributed by atoms with E-state index >= 15 is 0 Å². The molecule has 0 heterocycles. The first-order chi connectivity index (χ1) is 18.5. The molecule has 2 amide bonds. The molecule has 0 aromatic heterocycles. The Morgan fingerprint density at radius 1 is 0.921 bits per heavy atom. The smallest absolute Gasteiger partial charge is 0.243 e. The number of amides is 2. The standard InChI is InChI=1S/C31H34ClFN2O2S/c32-27-17-10-18-28(33)26(27)21-38-22-30(36)35(20-24-13-6-2-7-14-24)29(19-23-11-4-1-5-12-23)31(37)34-25-15-8-3-9-16-25/h1-2,4-7,10-14,17-18,25,29H,3,8-9,15-16,19-22H2,(H,34,37)/t29-/m0/s1. The Labute approximate surface area is 234 Å². The van der Waals surface area contributed by atoms with E-state index in [-0.39, 0.29) is 35.2 Å². The Morgan fingerprint density at radius 2 is 1.58 bits per heavy atom. The second-order valence-electron chi connectivity index (χ2n) is 9.75. The summed E-state index contributed by atoms with van der Waals surface area (Å²) in [6.45, 7) is 0.316. The highest BCUT2D eigenvalue weighted by Crippen LogP contribution is 2.25. The summed E-state index contributed by atoms with van der Waals surface area (Å²) in [5.41, 5.74) is 2.33. The molecule has 1 aliphatic carbocycles. The van der Waals surface area contributed by atoms with Crippen molar-refractivity contribution in [3.05, 3.63) is 106 Å². The van der Waals surface area contributed by atoms with E-state index in [4.69, 9.17) is 11.6 Å². The van der Waals surface area contributed by atoms with E-state index in [1.54, 1.807) is 17.0 Å². The van der Waals surface area contributed by atoms with Crippen LogP contribution in [-0.2, 0) is 28.3 Å². The van der Waals surface area contributed by atoms with Crippen LogP contribution in [0.3, 0.4) is 0 Å². The maximum atomic E-state index is 14.3. The molecular formula is C31H34ClFN2O2S. The quantitative estimate of drug-likeness (QED) is 0.284. The molecule has 3 aromatic rings. The Hall–Kier alpha value is -2.83. The van der Waals surface area contributed by atoms with Crippen molar-refractivity contribution >= 4 is 35.2 Å². The second-order valence-corrected chi connectivity index (χ2v) is 11.1. The van der Waals surface area contributed by atoms with E-state index in [1.807, 2.05) is 60.7 Å². The van der Waals surface area contributed by atoms with Crippen molar-refractivity contribution in [3.63, 3.8) is 0 Å². The number of hydrogen-bond donors (Lipinski definition) is 1. The highest BCUT2D eigenvalue weighted by molar-refractivity contribution is 7.99. The molecule has 7 heteroatoms. The number of nitrogens with one attached hydrogen (secondary N) is 1. The van der Waals surface area contributed by atoms with Gasteiger partial charge in [0.15, 0.2) is 0 Å². The minimum atomic E-state index is -0.662. The summed E-state index contributed by atoms with van der Waals surface area (Å²) < 4.78 is 14.3. The number of rotatable bonds is 11. The van der Waals surface area contributed by atoms with Gasteiger partial charge in [-0.3, -0.25) is 9.59 Å².